The fourth-order valence-electron chi connectivity index (χ4n) is 0.181. The van der Waals surface area contributed by atoms with E-state index >= 15 is 0 Å². The SMILES string of the molecule is CC(F)(F)S(=O)(=O)OS(=O)OC=O. The Labute approximate surface area is 74.8 Å². The minimum Gasteiger partial charge on any atom is -0.345 e. The molecule has 0 aliphatic heterocycles. The molecule has 0 amide bonds. The van der Waals surface area contributed by atoms with E-state index in [4.69, 9.17) is 0 Å². The molecule has 0 aromatic carbocycles. The van der Waals surface area contributed by atoms with Gasteiger partial charge in [0.15, 0.2) is 0 Å². The van der Waals surface area contributed by atoms with Gasteiger partial charge in [0.05, 0.1) is 0 Å². The van der Waals surface area contributed by atoms with Crippen LogP contribution in [0.3, 0.4) is 0 Å². The minimum atomic E-state index is -5.34. The molecule has 0 radical (unpaired) electrons. The summed E-state index contributed by atoms with van der Waals surface area (Å²) in [6.45, 7) is -0.375. The van der Waals surface area contributed by atoms with Crippen LogP contribution in [0.15, 0.2) is 0 Å². The van der Waals surface area contributed by atoms with Crippen LogP contribution in [0.5, 0.6) is 0 Å². The van der Waals surface area contributed by atoms with Crippen LogP contribution in [-0.4, -0.2) is 24.4 Å². The number of halogens is 2. The second-order valence-corrected chi connectivity index (χ2v) is 4.50. The highest BCUT2D eigenvalue weighted by molar-refractivity contribution is 7.96. The molecule has 78 valence electrons. The second-order valence-electron chi connectivity index (χ2n) is 1.73. The Hall–Kier alpha value is -0.610. The zero-order chi connectivity index (χ0) is 10.7. The Morgan fingerprint density at radius 3 is 2.23 bits per heavy atom. The van der Waals surface area contributed by atoms with Crippen LogP contribution in [0.4, 0.5) is 8.78 Å². The summed E-state index contributed by atoms with van der Waals surface area (Å²) in [6.07, 6.45) is 0. The number of carbonyl (C=O) groups excluding carboxylic acids is 1. The van der Waals surface area contributed by atoms with E-state index in [1.54, 1.807) is 0 Å². The number of hydrogen-bond acceptors (Lipinski definition) is 6. The van der Waals surface area contributed by atoms with Gasteiger partial charge in [-0.25, -0.2) is 0 Å². The highest BCUT2D eigenvalue weighted by Gasteiger charge is 2.43. The molecular formula is C3H4F2O6S2. The maximum absolute atomic E-state index is 12.1. The zero-order valence-corrected chi connectivity index (χ0v) is 7.73. The lowest BCUT2D eigenvalue weighted by atomic mass is 10.9. The Morgan fingerprint density at radius 1 is 1.46 bits per heavy atom. The van der Waals surface area contributed by atoms with Gasteiger partial charge in [0.25, 0.3) is 0 Å². The second kappa shape index (κ2) is 4.07. The molecule has 0 aliphatic carbocycles. The summed E-state index contributed by atoms with van der Waals surface area (Å²) < 4.78 is 61.9. The first-order valence-electron chi connectivity index (χ1n) is 2.55. The van der Waals surface area contributed by atoms with Crippen LogP contribution < -0.4 is 0 Å². The van der Waals surface area contributed by atoms with Crippen molar-refractivity contribution in [3.63, 3.8) is 0 Å². The van der Waals surface area contributed by atoms with Gasteiger partial charge in [-0.05, 0) is 0 Å². The normalized spacial score (nSPS) is 15.0. The molecule has 0 saturated carbocycles. The van der Waals surface area contributed by atoms with Crippen molar-refractivity contribution in [3.05, 3.63) is 0 Å². The van der Waals surface area contributed by atoms with E-state index in [1.165, 1.54) is 0 Å². The van der Waals surface area contributed by atoms with Crippen LogP contribution in [0.1, 0.15) is 6.92 Å². The van der Waals surface area contributed by atoms with Gasteiger partial charge in [-0.2, -0.15) is 21.4 Å². The molecule has 0 saturated heterocycles. The third-order valence-electron chi connectivity index (χ3n) is 0.702. The molecule has 0 aromatic heterocycles. The molecule has 10 heteroatoms. The maximum Gasteiger partial charge on any atom is 0.378 e. The van der Waals surface area contributed by atoms with Crippen molar-refractivity contribution in [1.82, 2.24) is 0 Å². The zero-order valence-electron chi connectivity index (χ0n) is 6.10. The van der Waals surface area contributed by atoms with Crippen LogP contribution >= 0.6 is 0 Å². The Bertz CT molecular complexity index is 302. The van der Waals surface area contributed by atoms with E-state index < -0.39 is 33.2 Å². The summed E-state index contributed by atoms with van der Waals surface area (Å²) in [7, 11) is -5.34. The standard InChI is InChI=1S/C3H4F2O6S2/c1-3(4,5)13(8,9)11-12(7)10-2-6/h2H,1H3. The van der Waals surface area contributed by atoms with Crippen LogP contribution in [0, 0.1) is 0 Å². The highest BCUT2D eigenvalue weighted by Crippen LogP contribution is 2.22. The topological polar surface area (TPSA) is 86.7 Å². The number of rotatable bonds is 5. The van der Waals surface area contributed by atoms with Gasteiger partial charge in [-0.1, -0.05) is 0 Å². The fourth-order valence-corrected chi connectivity index (χ4v) is 1.44. The average Bonchev–Trinajstić information content (AvgIpc) is 1.83. The number of carbonyl (C=O) groups is 1. The van der Waals surface area contributed by atoms with Crippen molar-refractivity contribution < 1.29 is 34.0 Å². The smallest absolute Gasteiger partial charge is 0.345 e. The Balaban J connectivity index is 4.54. The van der Waals surface area contributed by atoms with Gasteiger partial charge in [0, 0.05) is 6.92 Å². The molecular weight excluding hydrogens is 234 g/mol. The first kappa shape index (κ1) is 12.4. The summed E-state index contributed by atoms with van der Waals surface area (Å²) in [6, 6.07) is 0. The molecule has 1 atom stereocenters. The molecule has 0 bridgehead atoms. The Kier molecular flexibility index (Phi) is 3.88. The molecule has 0 aromatic rings. The fraction of sp³-hybridized carbons (Fsp3) is 0.667. The highest BCUT2D eigenvalue weighted by atomic mass is 32.3. The van der Waals surface area contributed by atoms with Crippen molar-refractivity contribution >= 4 is 28.0 Å². The lowest BCUT2D eigenvalue weighted by molar-refractivity contribution is -0.120. The third-order valence-corrected chi connectivity index (χ3v) is 2.98. The van der Waals surface area contributed by atoms with Crippen molar-refractivity contribution in [2.24, 2.45) is 0 Å². The molecule has 0 fully saturated rings. The van der Waals surface area contributed by atoms with Crippen LogP contribution in [0.2, 0.25) is 0 Å². The van der Waals surface area contributed by atoms with Gasteiger partial charge in [0.2, 0.25) is 0 Å². The largest absolute Gasteiger partial charge is 0.378 e. The summed E-state index contributed by atoms with van der Waals surface area (Å²) in [5, 5.41) is -4.21. The molecule has 0 spiro atoms. The van der Waals surface area contributed by atoms with Crippen LogP contribution in [0.25, 0.3) is 0 Å². The Morgan fingerprint density at radius 2 is 1.92 bits per heavy atom. The maximum atomic E-state index is 12.1. The van der Waals surface area contributed by atoms with E-state index in [0.29, 0.717) is 0 Å². The number of hydrogen-bond donors (Lipinski definition) is 0. The van der Waals surface area contributed by atoms with Gasteiger partial charge in [-0.3, -0.25) is 4.79 Å². The predicted molar refractivity (Wildman–Crippen MR) is 35.9 cm³/mol. The van der Waals surface area contributed by atoms with Crippen LogP contribution in [-0.2, 0) is 34.1 Å². The summed E-state index contributed by atoms with van der Waals surface area (Å²) in [5.74, 6) is 0. The molecule has 0 aliphatic rings. The van der Waals surface area contributed by atoms with E-state index in [-0.39, 0.29) is 6.92 Å². The molecule has 1 unspecified atom stereocenters. The molecule has 0 N–H and O–H groups in total. The van der Waals surface area contributed by atoms with Crippen molar-refractivity contribution in [2.45, 2.75) is 12.2 Å². The van der Waals surface area contributed by atoms with Gasteiger partial charge >= 0.3 is 33.2 Å². The molecule has 0 heterocycles. The lowest BCUT2D eigenvalue weighted by Crippen LogP contribution is -2.27. The monoisotopic (exact) mass is 238 g/mol. The van der Waals surface area contributed by atoms with E-state index in [1.807, 2.05) is 0 Å². The lowest BCUT2D eigenvalue weighted by Gasteiger charge is -2.08. The number of alkyl halides is 2. The van der Waals surface area contributed by atoms with Crippen molar-refractivity contribution in [2.75, 3.05) is 0 Å². The third kappa shape index (κ3) is 3.74. The predicted octanol–water partition coefficient (Wildman–Crippen LogP) is -0.303. The quantitative estimate of drug-likeness (QED) is 0.611. The summed E-state index contributed by atoms with van der Waals surface area (Å²) >= 11 is -3.07. The first-order valence-corrected chi connectivity index (χ1v) is 4.96. The van der Waals surface area contributed by atoms with Gasteiger partial charge < -0.3 is 4.18 Å². The van der Waals surface area contributed by atoms with E-state index in [2.05, 4.69) is 7.81 Å². The van der Waals surface area contributed by atoms with Crippen molar-refractivity contribution in [3.8, 4) is 0 Å². The first-order chi connectivity index (χ1) is 5.70. The minimum absolute atomic E-state index is 0.0282. The summed E-state index contributed by atoms with van der Waals surface area (Å²) in [5.41, 5.74) is 0. The summed E-state index contributed by atoms with van der Waals surface area (Å²) in [4.78, 5) is 9.47. The molecule has 6 nitrogen and oxygen atoms in total. The molecule has 0 rings (SSSR count). The van der Waals surface area contributed by atoms with E-state index in [0.717, 1.165) is 0 Å². The van der Waals surface area contributed by atoms with Gasteiger partial charge in [0.1, 0.15) is 0 Å². The average molecular weight is 238 g/mol. The van der Waals surface area contributed by atoms with E-state index in [9.17, 15) is 26.2 Å². The van der Waals surface area contributed by atoms with Crippen molar-refractivity contribution in [1.29, 1.82) is 0 Å². The van der Waals surface area contributed by atoms with Gasteiger partial charge in [-0.15, -0.1) is 3.63 Å². The molecule has 13 heavy (non-hydrogen) atoms.